The summed E-state index contributed by atoms with van der Waals surface area (Å²) in [4.78, 5) is 14.5. The van der Waals surface area contributed by atoms with Gasteiger partial charge >= 0.3 is 0 Å². The van der Waals surface area contributed by atoms with Crippen LogP contribution in [0.3, 0.4) is 0 Å². The van der Waals surface area contributed by atoms with Crippen LogP contribution in [0.1, 0.15) is 35.3 Å². The van der Waals surface area contributed by atoms with E-state index in [-0.39, 0.29) is 18.3 Å². The maximum atomic E-state index is 12.6. The standard InChI is InChI=1S/C15H22N2O.ClH/c1-10-6-5-7-14(13(10)4)15(18)17-8-11(2)16-12(3)9-17;/h5-7,11-12,16H,8-9H2,1-4H3;1H. The van der Waals surface area contributed by atoms with Crippen LogP contribution in [0.2, 0.25) is 0 Å². The molecule has 0 radical (unpaired) electrons. The Bertz CT molecular complexity index is 451. The summed E-state index contributed by atoms with van der Waals surface area (Å²) in [5.41, 5.74) is 3.12. The quantitative estimate of drug-likeness (QED) is 0.859. The van der Waals surface area contributed by atoms with Crippen molar-refractivity contribution in [2.75, 3.05) is 13.1 Å². The van der Waals surface area contributed by atoms with Crippen molar-refractivity contribution in [1.29, 1.82) is 0 Å². The molecule has 1 aliphatic rings. The summed E-state index contributed by atoms with van der Waals surface area (Å²) in [6.07, 6.45) is 0. The van der Waals surface area contributed by atoms with E-state index >= 15 is 0 Å². The number of piperazine rings is 1. The van der Waals surface area contributed by atoms with Gasteiger partial charge in [-0.25, -0.2) is 0 Å². The number of benzene rings is 1. The number of amides is 1. The van der Waals surface area contributed by atoms with Gasteiger partial charge in [0.2, 0.25) is 0 Å². The first-order chi connectivity index (χ1) is 8.49. The van der Waals surface area contributed by atoms with Crippen molar-refractivity contribution in [3.63, 3.8) is 0 Å². The highest BCUT2D eigenvalue weighted by Gasteiger charge is 2.26. The second-order valence-corrected chi connectivity index (χ2v) is 5.43. The molecule has 1 fully saturated rings. The minimum Gasteiger partial charge on any atom is -0.336 e. The Morgan fingerprint density at radius 1 is 1.21 bits per heavy atom. The molecule has 0 saturated carbocycles. The van der Waals surface area contributed by atoms with Crippen LogP contribution in [0.25, 0.3) is 0 Å². The first-order valence-corrected chi connectivity index (χ1v) is 6.60. The van der Waals surface area contributed by atoms with Crippen LogP contribution in [0.5, 0.6) is 0 Å². The van der Waals surface area contributed by atoms with E-state index in [1.54, 1.807) is 0 Å². The largest absolute Gasteiger partial charge is 0.336 e. The average molecular weight is 283 g/mol. The minimum absolute atomic E-state index is 0. The molecule has 0 aliphatic carbocycles. The van der Waals surface area contributed by atoms with Gasteiger partial charge in [0.15, 0.2) is 0 Å². The second-order valence-electron chi connectivity index (χ2n) is 5.43. The van der Waals surface area contributed by atoms with Crippen LogP contribution in [0, 0.1) is 13.8 Å². The molecule has 1 N–H and O–H groups in total. The number of carbonyl (C=O) groups excluding carboxylic acids is 1. The third-order valence-electron chi connectivity index (χ3n) is 3.68. The Labute approximate surface area is 121 Å². The lowest BCUT2D eigenvalue weighted by Crippen LogP contribution is -2.55. The van der Waals surface area contributed by atoms with E-state index in [0.717, 1.165) is 24.2 Å². The molecule has 0 aromatic heterocycles. The lowest BCUT2D eigenvalue weighted by atomic mass is 10.0. The van der Waals surface area contributed by atoms with Crippen molar-refractivity contribution in [2.24, 2.45) is 0 Å². The third kappa shape index (κ3) is 3.48. The van der Waals surface area contributed by atoms with E-state index in [9.17, 15) is 4.79 Å². The number of rotatable bonds is 1. The first-order valence-electron chi connectivity index (χ1n) is 6.60. The average Bonchev–Trinajstić information content (AvgIpc) is 2.30. The summed E-state index contributed by atoms with van der Waals surface area (Å²) in [7, 11) is 0. The topological polar surface area (TPSA) is 32.3 Å². The van der Waals surface area contributed by atoms with Crippen molar-refractivity contribution in [3.8, 4) is 0 Å². The number of aryl methyl sites for hydroxylation is 1. The SMILES string of the molecule is Cc1cccc(C(=O)N2CC(C)NC(C)C2)c1C.Cl. The van der Waals surface area contributed by atoms with E-state index in [0.29, 0.717) is 12.1 Å². The van der Waals surface area contributed by atoms with Crippen molar-refractivity contribution in [2.45, 2.75) is 39.8 Å². The van der Waals surface area contributed by atoms with Crippen LogP contribution in [0.4, 0.5) is 0 Å². The number of hydrogen-bond acceptors (Lipinski definition) is 2. The molecule has 1 aliphatic heterocycles. The zero-order valence-corrected chi connectivity index (χ0v) is 12.9. The molecule has 3 nitrogen and oxygen atoms in total. The summed E-state index contributed by atoms with van der Waals surface area (Å²) in [6.45, 7) is 9.90. The van der Waals surface area contributed by atoms with Gasteiger partial charge in [0, 0.05) is 30.7 Å². The van der Waals surface area contributed by atoms with Crippen molar-refractivity contribution in [3.05, 3.63) is 34.9 Å². The van der Waals surface area contributed by atoms with Gasteiger partial charge in [-0.2, -0.15) is 0 Å². The molecule has 2 atom stereocenters. The predicted molar refractivity (Wildman–Crippen MR) is 81.1 cm³/mol. The number of halogens is 1. The molecule has 1 aromatic carbocycles. The maximum absolute atomic E-state index is 12.6. The predicted octanol–water partition coefficient (Wildman–Crippen LogP) is 2.55. The monoisotopic (exact) mass is 282 g/mol. The Morgan fingerprint density at radius 3 is 2.37 bits per heavy atom. The van der Waals surface area contributed by atoms with Gasteiger partial charge < -0.3 is 10.2 Å². The summed E-state index contributed by atoms with van der Waals surface area (Å²) >= 11 is 0. The third-order valence-corrected chi connectivity index (χ3v) is 3.68. The summed E-state index contributed by atoms with van der Waals surface area (Å²) in [5, 5.41) is 3.45. The second kappa shape index (κ2) is 6.40. The Morgan fingerprint density at radius 2 is 1.79 bits per heavy atom. The van der Waals surface area contributed by atoms with E-state index in [1.807, 2.05) is 24.0 Å². The Kier molecular flexibility index (Phi) is 5.39. The molecule has 1 heterocycles. The van der Waals surface area contributed by atoms with E-state index < -0.39 is 0 Å². The Hall–Kier alpha value is -1.06. The lowest BCUT2D eigenvalue weighted by Gasteiger charge is -2.36. The summed E-state index contributed by atoms with van der Waals surface area (Å²) in [6, 6.07) is 6.67. The molecule has 0 spiro atoms. The zero-order valence-electron chi connectivity index (χ0n) is 12.1. The molecular formula is C15H23ClN2O. The van der Waals surface area contributed by atoms with E-state index in [1.165, 1.54) is 5.56 Å². The van der Waals surface area contributed by atoms with Crippen LogP contribution in [-0.2, 0) is 0 Å². The fraction of sp³-hybridized carbons (Fsp3) is 0.533. The molecule has 4 heteroatoms. The van der Waals surface area contributed by atoms with Crippen molar-refractivity contribution in [1.82, 2.24) is 10.2 Å². The van der Waals surface area contributed by atoms with E-state index in [2.05, 4.69) is 32.2 Å². The lowest BCUT2D eigenvalue weighted by molar-refractivity contribution is 0.0673. The summed E-state index contributed by atoms with van der Waals surface area (Å²) in [5.74, 6) is 0.163. The fourth-order valence-electron chi connectivity index (χ4n) is 2.65. The van der Waals surface area contributed by atoms with Crippen LogP contribution in [0.15, 0.2) is 18.2 Å². The van der Waals surface area contributed by atoms with Gasteiger partial charge in [0.1, 0.15) is 0 Å². The van der Waals surface area contributed by atoms with Gasteiger partial charge in [-0.3, -0.25) is 4.79 Å². The number of nitrogens with one attached hydrogen (secondary N) is 1. The van der Waals surface area contributed by atoms with Gasteiger partial charge in [-0.15, -0.1) is 12.4 Å². The fourth-order valence-corrected chi connectivity index (χ4v) is 2.65. The summed E-state index contributed by atoms with van der Waals surface area (Å²) < 4.78 is 0. The molecular weight excluding hydrogens is 260 g/mol. The zero-order chi connectivity index (χ0) is 13.3. The van der Waals surface area contributed by atoms with Gasteiger partial charge in [-0.1, -0.05) is 12.1 Å². The van der Waals surface area contributed by atoms with Crippen molar-refractivity contribution >= 4 is 18.3 Å². The van der Waals surface area contributed by atoms with Crippen LogP contribution in [-0.4, -0.2) is 36.0 Å². The highest BCUT2D eigenvalue weighted by molar-refractivity contribution is 5.96. The Balaban J connectivity index is 0.00000180. The molecule has 1 saturated heterocycles. The molecule has 2 rings (SSSR count). The highest BCUT2D eigenvalue weighted by Crippen LogP contribution is 2.16. The molecule has 106 valence electrons. The van der Waals surface area contributed by atoms with E-state index in [4.69, 9.17) is 0 Å². The highest BCUT2D eigenvalue weighted by atomic mass is 35.5. The van der Waals surface area contributed by atoms with Crippen LogP contribution < -0.4 is 5.32 Å². The normalized spacial score (nSPS) is 22.8. The number of carbonyl (C=O) groups is 1. The van der Waals surface area contributed by atoms with Gasteiger partial charge in [0.05, 0.1) is 0 Å². The number of nitrogens with zero attached hydrogens (tertiary/aromatic N) is 1. The first kappa shape index (κ1) is 16.0. The molecule has 1 amide bonds. The smallest absolute Gasteiger partial charge is 0.254 e. The number of hydrogen-bond donors (Lipinski definition) is 1. The molecule has 19 heavy (non-hydrogen) atoms. The maximum Gasteiger partial charge on any atom is 0.254 e. The minimum atomic E-state index is 0. The van der Waals surface area contributed by atoms with Crippen LogP contribution >= 0.6 is 12.4 Å². The van der Waals surface area contributed by atoms with Gasteiger partial charge in [-0.05, 0) is 44.9 Å². The molecule has 1 aromatic rings. The van der Waals surface area contributed by atoms with Crippen molar-refractivity contribution < 1.29 is 4.79 Å². The molecule has 2 unspecified atom stereocenters. The van der Waals surface area contributed by atoms with Gasteiger partial charge in [0.25, 0.3) is 5.91 Å². The molecule has 0 bridgehead atoms.